The van der Waals surface area contributed by atoms with Gasteiger partial charge in [0.2, 0.25) is 5.75 Å². The normalized spacial score (nSPS) is 10.6. The second-order valence-corrected chi connectivity index (χ2v) is 4.91. The van der Waals surface area contributed by atoms with Crippen LogP contribution in [0.15, 0.2) is 41.5 Å². The molecular formula is C16H15N3O5. The SMILES string of the molecule is COc1cc(/C=N/NC(=O)c2ccc(C)cc2)c(O)c([N+](=O)[O-])c1. The first kappa shape index (κ1) is 16.9. The number of benzene rings is 2. The molecule has 2 rings (SSSR count). The fourth-order valence-electron chi connectivity index (χ4n) is 1.90. The maximum absolute atomic E-state index is 11.9. The van der Waals surface area contributed by atoms with Crippen LogP contribution in [0.5, 0.6) is 11.5 Å². The molecule has 2 aromatic carbocycles. The molecule has 8 nitrogen and oxygen atoms in total. The smallest absolute Gasteiger partial charge is 0.315 e. The Morgan fingerprint density at radius 2 is 2.00 bits per heavy atom. The van der Waals surface area contributed by atoms with Gasteiger partial charge in [0.25, 0.3) is 5.91 Å². The van der Waals surface area contributed by atoms with Crippen molar-refractivity contribution >= 4 is 17.8 Å². The van der Waals surface area contributed by atoms with Crippen molar-refractivity contribution in [3.05, 3.63) is 63.2 Å². The Kier molecular flexibility index (Phi) is 5.10. The molecule has 0 atom stereocenters. The molecule has 2 N–H and O–H groups in total. The summed E-state index contributed by atoms with van der Waals surface area (Å²) in [7, 11) is 1.34. The topological polar surface area (TPSA) is 114 Å². The van der Waals surface area contributed by atoms with Crippen LogP contribution in [0.3, 0.4) is 0 Å². The summed E-state index contributed by atoms with van der Waals surface area (Å²) < 4.78 is 4.94. The molecule has 8 heteroatoms. The van der Waals surface area contributed by atoms with Gasteiger partial charge in [-0.1, -0.05) is 17.7 Å². The number of hydrogen-bond acceptors (Lipinski definition) is 6. The number of nitrogens with one attached hydrogen (secondary N) is 1. The highest BCUT2D eigenvalue weighted by molar-refractivity contribution is 5.95. The molecule has 2 aromatic rings. The van der Waals surface area contributed by atoms with Gasteiger partial charge >= 0.3 is 5.69 Å². The third-order valence-corrected chi connectivity index (χ3v) is 3.21. The zero-order valence-corrected chi connectivity index (χ0v) is 13.0. The van der Waals surface area contributed by atoms with Crippen LogP contribution in [0.4, 0.5) is 5.69 Å². The predicted molar refractivity (Wildman–Crippen MR) is 87.6 cm³/mol. The minimum atomic E-state index is -0.736. The van der Waals surface area contributed by atoms with Crippen LogP contribution < -0.4 is 10.2 Å². The monoisotopic (exact) mass is 329 g/mol. The predicted octanol–water partition coefficient (Wildman–Crippen LogP) is 2.38. The number of phenolic OH excluding ortho intramolecular Hbond substituents is 1. The van der Waals surface area contributed by atoms with E-state index in [4.69, 9.17) is 4.74 Å². The van der Waals surface area contributed by atoms with Crippen molar-refractivity contribution in [1.29, 1.82) is 0 Å². The molecule has 0 aliphatic heterocycles. The van der Waals surface area contributed by atoms with Gasteiger partial charge in [0.05, 0.1) is 24.3 Å². The van der Waals surface area contributed by atoms with E-state index < -0.39 is 22.3 Å². The fourth-order valence-corrected chi connectivity index (χ4v) is 1.90. The summed E-state index contributed by atoms with van der Waals surface area (Å²) in [5.41, 5.74) is 3.25. The first-order valence-corrected chi connectivity index (χ1v) is 6.88. The second kappa shape index (κ2) is 7.23. The molecule has 0 aromatic heterocycles. The highest BCUT2D eigenvalue weighted by atomic mass is 16.6. The standard InChI is InChI=1S/C16H15N3O5/c1-10-3-5-11(6-4-10)16(21)18-17-9-12-7-13(24-2)8-14(15(12)20)19(22)23/h3-9,20H,1-2H3,(H,18,21)/b17-9+. The van der Waals surface area contributed by atoms with Gasteiger partial charge in [-0.05, 0) is 25.1 Å². The Bertz CT molecular complexity index is 800. The average molecular weight is 329 g/mol. The maximum Gasteiger partial charge on any atom is 0.315 e. The molecule has 1 amide bonds. The second-order valence-electron chi connectivity index (χ2n) is 4.91. The van der Waals surface area contributed by atoms with E-state index in [1.165, 1.54) is 13.2 Å². The molecule has 0 unspecified atom stereocenters. The van der Waals surface area contributed by atoms with Crippen molar-refractivity contribution in [2.75, 3.05) is 7.11 Å². The van der Waals surface area contributed by atoms with Crippen LogP contribution in [-0.2, 0) is 0 Å². The number of phenols is 1. The van der Waals surface area contributed by atoms with Crippen LogP contribution in [0.25, 0.3) is 0 Å². The summed E-state index contributed by atoms with van der Waals surface area (Å²) in [6, 6.07) is 9.33. The summed E-state index contributed by atoms with van der Waals surface area (Å²) >= 11 is 0. The molecule has 0 fully saturated rings. The van der Waals surface area contributed by atoms with Crippen molar-refractivity contribution in [2.24, 2.45) is 5.10 Å². The Labute approximate surface area is 137 Å². The lowest BCUT2D eigenvalue weighted by atomic mass is 10.1. The lowest BCUT2D eigenvalue weighted by Crippen LogP contribution is -2.17. The van der Waals surface area contributed by atoms with Crippen molar-refractivity contribution in [2.45, 2.75) is 6.92 Å². The molecule has 0 radical (unpaired) electrons. The molecule has 0 aliphatic rings. The van der Waals surface area contributed by atoms with Gasteiger partial charge < -0.3 is 9.84 Å². The van der Waals surface area contributed by atoms with Crippen LogP contribution >= 0.6 is 0 Å². The Morgan fingerprint density at radius 3 is 2.58 bits per heavy atom. The molecule has 124 valence electrons. The third kappa shape index (κ3) is 3.86. The number of nitro benzene ring substituents is 1. The lowest BCUT2D eigenvalue weighted by Gasteiger charge is -2.05. The molecule has 0 bridgehead atoms. The highest BCUT2D eigenvalue weighted by Gasteiger charge is 2.18. The van der Waals surface area contributed by atoms with Crippen LogP contribution in [0, 0.1) is 17.0 Å². The van der Waals surface area contributed by atoms with Gasteiger partial charge in [-0.25, -0.2) is 5.43 Å². The quantitative estimate of drug-likeness (QED) is 0.496. The zero-order chi connectivity index (χ0) is 17.7. The number of hydrogen-bond donors (Lipinski definition) is 2. The van der Waals surface area contributed by atoms with E-state index >= 15 is 0 Å². The van der Waals surface area contributed by atoms with Gasteiger partial charge in [0, 0.05) is 11.1 Å². The molecular weight excluding hydrogens is 314 g/mol. The van der Waals surface area contributed by atoms with Crippen LogP contribution in [0.2, 0.25) is 0 Å². The van der Waals surface area contributed by atoms with Crippen molar-refractivity contribution in [3.8, 4) is 11.5 Å². The first-order valence-electron chi connectivity index (χ1n) is 6.88. The maximum atomic E-state index is 11.9. The molecule has 0 heterocycles. The van der Waals surface area contributed by atoms with E-state index in [9.17, 15) is 20.0 Å². The van der Waals surface area contributed by atoms with E-state index in [1.54, 1.807) is 24.3 Å². The number of hydrazone groups is 1. The Balaban J connectivity index is 2.19. The molecule has 24 heavy (non-hydrogen) atoms. The number of nitrogens with zero attached hydrogens (tertiary/aromatic N) is 2. The van der Waals surface area contributed by atoms with Crippen molar-refractivity contribution < 1.29 is 19.6 Å². The largest absolute Gasteiger partial charge is 0.502 e. The average Bonchev–Trinajstić information content (AvgIpc) is 2.56. The zero-order valence-electron chi connectivity index (χ0n) is 13.0. The Hall–Kier alpha value is -3.42. The van der Waals surface area contributed by atoms with E-state index in [-0.39, 0.29) is 11.3 Å². The number of carbonyl (C=O) groups excluding carboxylic acids is 1. The highest BCUT2D eigenvalue weighted by Crippen LogP contribution is 2.33. The van der Waals surface area contributed by atoms with Gasteiger partial charge in [-0.3, -0.25) is 14.9 Å². The van der Waals surface area contributed by atoms with Gasteiger partial charge in [-0.15, -0.1) is 0 Å². The van der Waals surface area contributed by atoms with Crippen molar-refractivity contribution in [1.82, 2.24) is 5.43 Å². The summed E-state index contributed by atoms with van der Waals surface area (Å²) in [6.07, 6.45) is 1.11. The minimum Gasteiger partial charge on any atom is -0.502 e. The third-order valence-electron chi connectivity index (χ3n) is 3.21. The fraction of sp³-hybridized carbons (Fsp3) is 0.125. The van der Waals surface area contributed by atoms with E-state index in [0.717, 1.165) is 17.8 Å². The summed E-state index contributed by atoms with van der Waals surface area (Å²) in [5.74, 6) is -0.817. The number of rotatable bonds is 5. The van der Waals surface area contributed by atoms with E-state index in [2.05, 4.69) is 10.5 Å². The molecule has 0 saturated heterocycles. The van der Waals surface area contributed by atoms with Gasteiger partial charge in [0.1, 0.15) is 5.75 Å². The number of aromatic hydroxyl groups is 1. The summed E-state index contributed by atoms with van der Waals surface area (Å²) in [5, 5.41) is 24.5. The Morgan fingerprint density at radius 1 is 1.33 bits per heavy atom. The van der Waals surface area contributed by atoms with E-state index in [0.29, 0.717) is 5.56 Å². The molecule has 0 aliphatic carbocycles. The number of ether oxygens (including phenoxy) is 1. The number of amides is 1. The number of nitro groups is 1. The molecule has 0 spiro atoms. The van der Waals surface area contributed by atoms with Crippen LogP contribution in [-0.4, -0.2) is 29.3 Å². The summed E-state index contributed by atoms with van der Waals surface area (Å²) in [6.45, 7) is 1.90. The van der Waals surface area contributed by atoms with E-state index in [1.807, 2.05) is 6.92 Å². The van der Waals surface area contributed by atoms with Crippen LogP contribution in [0.1, 0.15) is 21.5 Å². The minimum absolute atomic E-state index is 0.0465. The van der Waals surface area contributed by atoms with Crippen molar-refractivity contribution in [3.63, 3.8) is 0 Å². The van der Waals surface area contributed by atoms with Gasteiger partial charge in [-0.2, -0.15) is 5.10 Å². The number of aryl methyl sites for hydroxylation is 1. The summed E-state index contributed by atoms with van der Waals surface area (Å²) in [4.78, 5) is 22.1. The molecule has 0 saturated carbocycles. The van der Waals surface area contributed by atoms with Gasteiger partial charge in [0.15, 0.2) is 0 Å². The first-order chi connectivity index (χ1) is 11.4. The number of methoxy groups -OCH3 is 1. The number of carbonyl (C=O) groups is 1. The lowest BCUT2D eigenvalue weighted by molar-refractivity contribution is -0.385.